The summed E-state index contributed by atoms with van der Waals surface area (Å²) >= 11 is 0. The molecule has 0 N–H and O–H groups in total. The van der Waals surface area contributed by atoms with Gasteiger partial charge < -0.3 is 4.74 Å². The molecule has 0 aromatic carbocycles. The Morgan fingerprint density at radius 2 is 0.424 bits per heavy atom. The third-order valence-electron chi connectivity index (χ3n) is 7.28. The molecule has 0 unspecified atom stereocenters. The maximum absolute atomic E-state index is 5.76. The lowest BCUT2D eigenvalue weighted by atomic mass is 10.0. The Labute approximate surface area is 211 Å². The summed E-state index contributed by atoms with van der Waals surface area (Å²) in [6.45, 7) is 6.56. The first kappa shape index (κ1) is 33.0. The smallest absolute Gasteiger partial charge is 0.0466 e. The van der Waals surface area contributed by atoms with Crippen LogP contribution in [0.3, 0.4) is 0 Å². The Morgan fingerprint density at radius 1 is 0.242 bits per heavy atom. The molecular formula is C32H66O. The van der Waals surface area contributed by atoms with Crippen LogP contribution in [0.25, 0.3) is 0 Å². The highest BCUT2D eigenvalue weighted by Gasteiger charge is 1.96. The second-order valence-electron chi connectivity index (χ2n) is 10.8. The monoisotopic (exact) mass is 467 g/mol. The van der Waals surface area contributed by atoms with Crippen LogP contribution in [0.5, 0.6) is 0 Å². The number of hydrogen-bond donors (Lipinski definition) is 0. The minimum Gasteiger partial charge on any atom is -0.381 e. The van der Waals surface area contributed by atoms with Crippen molar-refractivity contribution in [2.24, 2.45) is 0 Å². The molecule has 0 amide bonds. The molecule has 0 saturated heterocycles. The van der Waals surface area contributed by atoms with E-state index in [1.165, 1.54) is 180 Å². The van der Waals surface area contributed by atoms with Crippen LogP contribution < -0.4 is 0 Å². The topological polar surface area (TPSA) is 9.23 Å². The summed E-state index contributed by atoms with van der Waals surface area (Å²) in [4.78, 5) is 0. The van der Waals surface area contributed by atoms with Gasteiger partial charge in [0.2, 0.25) is 0 Å². The molecule has 0 aromatic rings. The quantitative estimate of drug-likeness (QED) is 0.0956. The van der Waals surface area contributed by atoms with Gasteiger partial charge in [-0.2, -0.15) is 0 Å². The van der Waals surface area contributed by atoms with E-state index in [1.54, 1.807) is 0 Å². The maximum Gasteiger partial charge on any atom is 0.0466 e. The van der Waals surface area contributed by atoms with Crippen molar-refractivity contribution in [1.82, 2.24) is 0 Å². The highest BCUT2D eigenvalue weighted by molar-refractivity contribution is 4.51. The van der Waals surface area contributed by atoms with Gasteiger partial charge in [0.15, 0.2) is 0 Å². The number of hydrogen-bond acceptors (Lipinski definition) is 1. The minimum absolute atomic E-state index is 0.989. The highest BCUT2D eigenvalue weighted by atomic mass is 16.5. The lowest BCUT2D eigenvalue weighted by Gasteiger charge is -2.05. The zero-order valence-electron chi connectivity index (χ0n) is 23.6. The van der Waals surface area contributed by atoms with E-state index in [9.17, 15) is 0 Å². The second-order valence-corrected chi connectivity index (χ2v) is 10.8. The van der Waals surface area contributed by atoms with Crippen molar-refractivity contribution in [3.8, 4) is 0 Å². The summed E-state index contributed by atoms with van der Waals surface area (Å²) in [5.74, 6) is 0. The van der Waals surface area contributed by atoms with Gasteiger partial charge in [-0.25, -0.2) is 0 Å². The van der Waals surface area contributed by atoms with Gasteiger partial charge in [0.25, 0.3) is 0 Å². The van der Waals surface area contributed by atoms with Gasteiger partial charge in [0.1, 0.15) is 0 Å². The minimum atomic E-state index is 0.989. The molecule has 0 aliphatic rings. The van der Waals surface area contributed by atoms with Crippen LogP contribution in [0.1, 0.15) is 194 Å². The molecule has 0 spiro atoms. The first-order valence-electron chi connectivity index (χ1n) is 16.0. The van der Waals surface area contributed by atoms with Gasteiger partial charge in [-0.15, -0.1) is 0 Å². The molecule has 33 heavy (non-hydrogen) atoms. The Balaban J connectivity index is 2.99. The summed E-state index contributed by atoms with van der Waals surface area (Å²) in [5.41, 5.74) is 0. The van der Waals surface area contributed by atoms with Gasteiger partial charge >= 0.3 is 0 Å². The maximum atomic E-state index is 5.76. The molecule has 0 bridgehead atoms. The summed E-state index contributed by atoms with van der Waals surface area (Å²) in [6.07, 6.45) is 40.2. The van der Waals surface area contributed by atoms with Crippen molar-refractivity contribution in [3.63, 3.8) is 0 Å². The van der Waals surface area contributed by atoms with Crippen molar-refractivity contribution in [2.75, 3.05) is 13.2 Å². The van der Waals surface area contributed by atoms with Crippen LogP contribution in [0, 0.1) is 0 Å². The summed E-state index contributed by atoms with van der Waals surface area (Å²) in [5, 5.41) is 0. The molecule has 0 fully saturated rings. The zero-order chi connectivity index (χ0) is 23.9. The fourth-order valence-electron chi connectivity index (χ4n) is 4.90. The third-order valence-corrected chi connectivity index (χ3v) is 7.28. The molecule has 200 valence electrons. The lowest BCUT2D eigenvalue weighted by molar-refractivity contribution is 0.125. The van der Waals surface area contributed by atoms with Crippen LogP contribution in [0.4, 0.5) is 0 Å². The van der Waals surface area contributed by atoms with Crippen molar-refractivity contribution < 1.29 is 4.74 Å². The Bertz CT molecular complexity index is 284. The van der Waals surface area contributed by atoms with Gasteiger partial charge in [0, 0.05) is 13.2 Å². The summed E-state index contributed by atoms with van der Waals surface area (Å²) < 4.78 is 5.76. The fraction of sp³-hybridized carbons (Fsp3) is 1.00. The van der Waals surface area contributed by atoms with Gasteiger partial charge in [-0.05, 0) is 12.8 Å². The lowest BCUT2D eigenvalue weighted by Crippen LogP contribution is -1.97. The van der Waals surface area contributed by atoms with Crippen LogP contribution in [-0.2, 0) is 4.74 Å². The van der Waals surface area contributed by atoms with E-state index >= 15 is 0 Å². The number of ether oxygens (including phenoxy) is 1. The van der Waals surface area contributed by atoms with Crippen LogP contribution in [0.2, 0.25) is 0 Å². The molecule has 0 heterocycles. The largest absolute Gasteiger partial charge is 0.381 e. The van der Waals surface area contributed by atoms with E-state index in [0.29, 0.717) is 0 Å². The standard InChI is InChI=1S/C32H66O/c1-3-5-7-9-10-11-12-13-14-15-16-17-18-19-20-21-22-23-24-25-26-28-30-32-33-31-29-27-8-6-4-2/h3-32H2,1-2H3. The van der Waals surface area contributed by atoms with Crippen molar-refractivity contribution in [2.45, 2.75) is 194 Å². The SMILES string of the molecule is CCCCCCCCCCCCCCCCCCCCCCCCCOCCCCCCC. The summed E-state index contributed by atoms with van der Waals surface area (Å²) in [7, 11) is 0. The van der Waals surface area contributed by atoms with E-state index in [-0.39, 0.29) is 0 Å². The second kappa shape index (κ2) is 32.0. The Hall–Kier alpha value is -0.0400. The van der Waals surface area contributed by atoms with E-state index < -0.39 is 0 Å². The van der Waals surface area contributed by atoms with Crippen LogP contribution >= 0.6 is 0 Å². The highest BCUT2D eigenvalue weighted by Crippen LogP contribution is 2.15. The molecule has 0 rings (SSSR count). The van der Waals surface area contributed by atoms with Crippen LogP contribution in [-0.4, -0.2) is 13.2 Å². The van der Waals surface area contributed by atoms with Gasteiger partial charge in [0.05, 0.1) is 0 Å². The molecule has 0 aliphatic heterocycles. The normalized spacial score (nSPS) is 11.5. The third kappa shape index (κ3) is 32.0. The van der Waals surface area contributed by atoms with E-state index in [0.717, 1.165) is 13.2 Å². The first-order valence-corrected chi connectivity index (χ1v) is 16.0. The predicted molar refractivity (Wildman–Crippen MR) is 151 cm³/mol. The zero-order valence-corrected chi connectivity index (χ0v) is 23.6. The molecular weight excluding hydrogens is 400 g/mol. The average Bonchev–Trinajstić information content (AvgIpc) is 2.83. The molecule has 0 saturated carbocycles. The molecule has 1 nitrogen and oxygen atoms in total. The van der Waals surface area contributed by atoms with E-state index in [1.807, 2.05) is 0 Å². The molecule has 1 heteroatoms. The predicted octanol–water partition coefficient (Wildman–Crippen LogP) is 12.0. The van der Waals surface area contributed by atoms with Gasteiger partial charge in [-0.1, -0.05) is 181 Å². The first-order chi connectivity index (χ1) is 16.4. The summed E-state index contributed by atoms with van der Waals surface area (Å²) in [6, 6.07) is 0. The van der Waals surface area contributed by atoms with E-state index in [4.69, 9.17) is 4.74 Å². The van der Waals surface area contributed by atoms with Crippen molar-refractivity contribution in [3.05, 3.63) is 0 Å². The van der Waals surface area contributed by atoms with Gasteiger partial charge in [-0.3, -0.25) is 0 Å². The Kier molecular flexibility index (Phi) is 31.9. The number of unbranched alkanes of at least 4 members (excludes halogenated alkanes) is 26. The van der Waals surface area contributed by atoms with Crippen LogP contribution in [0.15, 0.2) is 0 Å². The van der Waals surface area contributed by atoms with Crippen molar-refractivity contribution in [1.29, 1.82) is 0 Å². The number of rotatable bonds is 30. The molecule has 0 radical (unpaired) electrons. The molecule has 0 aliphatic carbocycles. The molecule has 0 atom stereocenters. The molecule has 0 aromatic heterocycles. The fourth-order valence-corrected chi connectivity index (χ4v) is 4.90. The average molecular weight is 467 g/mol. The van der Waals surface area contributed by atoms with Crippen molar-refractivity contribution >= 4 is 0 Å². The van der Waals surface area contributed by atoms with E-state index in [2.05, 4.69) is 13.8 Å². The Morgan fingerprint density at radius 3 is 0.636 bits per heavy atom.